The summed E-state index contributed by atoms with van der Waals surface area (Å²) in [5.41, 5.74) is 1.32. The van der Waals surface area contributed by atoms with Gasteiger partial charge in [-0.2, -0.15) is 0 Å². The van der Waals surface area contributed by atoms with Gasteiger partial charge in [-0.05, 0) is 6.07 Å². The summed E-state index contributed by atoms with van der Waals surface area (Å²) in [6, 6.07) is 7.42. The number of para-hydroxylation sites is 1. The van der Waals surface area contributed by atoms with E-state index in [0.717, 1.165) is 5.39 Å². The van der Waals surface area contributed by atoms with Crippen LogP contribution in [0.1, 0.15) is 22.5 Å². The number of hydrogen-bond acceptors (Lipinski definition) is 6. The molecule has 7 nitrogen and oxygen atoms in total. The third-order valence-corrected chi connectivity index (χ3v) is 3.85. The van der Waals surface area contributed by atoms with E-state index in [0.29, 0.717) is 24.3 Å². The SMILES string of the molecule is COCCN(CCC(=O)OC)C(=O)c1oc2ccccc2c1COC. The van der Waals surface area contributed by atoms with Crippen molar-refractivity contribution in [3.63, 3.8) is 0 Å². The number of furan rings is 1. The van der Waals surface area contributed by atoms with Crippen molar-refractivity contribution in [3.8, 4) is 0 Å². The molecule has 0 aliphatic heterocycles. The van der Waals surface area contributed by atoms with Crippen molar-refractivity contribution in [2.75, 3.05) is 41.0 Å². The Labute approximate surface area is 146 Å². The highest BCUT2D eigenvalue weighted by molar-refractivity contribution is 5.99. The number of fused-ring (bicyclic) bond motifs is 1. The van der Waals surface area contributed by atoms with Crippen LogP contribution in [-0.4, -0.2) is 57.8 Å². The van der Waals surface area contributed by atoms with Crippen molar-refractivity contribution in [2.45, 2.75) is 13.0 Å². The van der Waals surface area contributed by atoms with Gasteiger partial charge in [0.05, 0.1) is 26.7 Å². The van der Waals surface area contributed by atoms with Crippen LogP contribution < -0.4 is 0 Å². The van der Waals surface area contributed by atoms with Gasteiger partial charge in [0.2, 0.25) is 0 Å². The van der Waals surface area contributed by atoms with E-state index in [4.69, 9.17) is 13.9 Å². The summed E-state index contributed by atoms with van der Waals surface area (Å²) in [4.78, 5) is 25.9. The number of amides is 1. The number of carbonyl (C=O) groups excluding carboxylic acids is 2. The van der Waals surface area contributed by atoms with Gasteiger partial charge in [0.1, 0.15) is 5.58 Å². The number of carbonyl (C=O) groups is 2. The molecular formula is C18H23NO6. The molecule has 0 bridgehead atoms. The summed E-state index contributed by atoms with van der Waals surface area (Å²) in [5, 5.41) is 0.840. The Kier molecular flexibility index (Phi) is 6.97. The molecule has 0 N–H and O–H groups in total. The second-order valence-corrected chi connectivity index (χ2v) is 5.45. The van der Waals surface area contributed by atoms with Crippen molar-refractivity contribution in [1.29, 1.82) is 0 Å². The second kappa shape index (κ2) is 9.19. The Balaban J connectivity index is 2.31. The molecule has 0 saturated carbocycles. The Hall–Kier alpha value is -2.38. The second-order valence-electron chi connectivity index (χ2n) is 5.45. The predicted octanol–water partition coefficient (Wildman–Crippen LogP) is 2.23. The first-order valence-corrected chi connectivity index (χ1v) is 7.96. The molecule has 0 saturated heterocycles. The van der Waals surface area contributed by atoms with Gasteiger partial charge in [0, 0.05) is 38.3 Å². The number of methoxy groups -OCH3 is 3. The van der Waals surface area contributed by atoms with Crippen molar-refractivity contribution >= 4 is 22.8 Å². The van der Waals surface area contributed by atoms with Crippen LogP contribution in [0, 0.1) is 0 Å². The van der Waals surface area contributed by atoms with Crippen molar-refractivity contribution in [2.24, 2.45) is 0 Å². The zero-order chi connectivity index (χ0) is 18.2. The highest BCUT2D eigenvalue weighted by Crippen LogP contribution is 2.27. The molecule has 0 radical (unpaired) electrons. The molecule has 136 valence electrons. The first-order valence-electron chi connectivity index (χ1n) is 7.96. The Morgan fingerprint density at radius 2 is 1.84 bits per heavy atom. The van der Waals surface area contributed by atoms with Crippen LogP contribution in [-0.2, 0) is 25.6 Å². The van der Waals surface area contributed by atoms with E-state index >= 15 is 0 Å². The minimum absolute atomic E-state index is 0.103. The van der Waals surface area contributed by atoms with Gasteiger partial charge in [-0.1, -0.05) is 18.2 Å². The molecule has 0 atom stereocenters. The molecule has 0 unspecified atom stereocenters. The standard InChI is InChI=1S/C18H23NO6/c1-22-11-10-19(9-8-16(20)24-3)18(21)17-14(12-23-2)13-6-4-5-7-15(13)25-17/h4-7H,8-12H2,1-3H3. The molecule has 1 aromatic carbocycles. The molecule has 7 heteroatoms. The normalized spacial score (nSPS) is 10.8. The van der Waals surface area contributed by atoms with Crippen LogP contribution in [0.5, 0.6) is 0 Å². The van der Waals surface area contributed by atoms with Gasteiger partial charge in [-0.3, -0.25) is 9.59 Å². The lowest BCUT2D eigenvalue weighted by molar-refractivity contribution is -0.140. The van der Waals surface area contributed by atoms with E-state index in [1.807, 2.05) is 18.2 Å². The van der Waals surface area contributed by atoms with Crippen LogP contribution in [0.15, 0.2) is 28.7 Å². The molecule has 1 amide bonds. The van der Waals surface area contributed by atoms with E-state index < -0.39 is 0 Å². The summed E-state index contributed by atoms with van der Waals surface area (Å²) in [7, 11) is 4.44. The lowest BCUT2D eigenvalue weighted by atomic mass is 10.1. The topological polar surface area (TPSA) is 78.2 Å². The van der Waals surface area contributed by atoms with Crippen LogP contribution in [0.2, 0.25) is 0 Å². The van der Waals surface area contributed by atoms with Crippen LogP contribution in [0.3, 0.4) is 0 Å². The fourth-order valence-corrected chi connectivity index (χ4v) is 2.55. The number of nitrogens with zero attached hydrogens (tertiary/aromatic N) is 1. The van der Waals surface area contributed by atoms with Gasteiger partial charge < -0.3 is 23.5 Å². The monoisotopic (exact) mass is 349 g/mol. The summed E-state index contributed by atoms with van der Waals surface area (Å²) >= 11 is 0. The first kappa shape index (κ1) is 19.0. The Morgan fingerprint density at radius 1 is 1.08 bits per heavy atom. The van der Waals surface area contributed by atoms with Gasteiger partial charge in [-0.15, -0.1) is 0 Å². The maximum Gasteiger partial charge on any atom is 0.307 e. The third kappa shape index (κ3) is 4.58. The number of hydrogen-bond donors (Lipinski definition) is 0. The Bertz CT molecular complexity index is 723. The summed E-state index contributed by atoms with van der Waals surface area (Å²) in [5.74, 6) is -0.454. The zero-order valence-electron chi connectivity index (χ0n) is 14.7. The molecule has 0 aliphatic rings. The van der Waals surface area contributed by atoms with Gasteiger partial charge in [0.25, 0.3) is 5.91 Å². The van der Waals surface area contributed by atoms with Gasteiger partial charge in [0.15, 0.2) is 5.76 Å². The predicted molar refractivity (Wildman–Crippen MR) is 91.3 cm³/mol. The molecule has 1 aromatic heterocycles. The highest BCUT2D eigenvalue weighted by Gasteiger charge is 2.25. The smallest absolute Gasteiger partial charge is 0.307 e. The van der Waals surface area contributed by atoms with Crippen molar-refractivity contribution in [1.82, 2.24) is 4.90 Å². The molecule has 2 rings (SSSR count). The molecule has 25 heavy (non-hydrogen) atoms. The summed E-state index contributed by atoms with van der Waals surface area (Å²) in [6.07, 6.45) is 0.103. The lowest BCUT2D eigenvalue weighted by Crippen LogP contribution is -2.36. The van der Waals surface area contributed by atoms with Crippen LogP contribution >= 0.6 is 0 Å². The number of ether oxygens (including phenoxy) is 3. The van der Waals surface area contributed by atoms with Crippen molar-refractivity contribution in [3.05, 3.63) is 35.6 Å². The van der Waals surface area contributed by atoms with Gasteiger partial charge >= 0.3 is 5.97 Å². The molecule has 0 spiro atoms. The third-order valence-electron chi connectivity index (χ3n) is 3.85. The minimum atomic E-state index is -0.378. The minimum Gasteiger partial charge on any atom is -0.469 e. The summed E-state index contributed by atoms with van der Waals surface area (Å²) in [6.45, 7) is 1.17. The van der Waals surface area contributed by atoms with E-state index in [1.165, 1.54) is 12.0 Å². The molecule has 0 aliphatic carbocycles. The number of rotatable bonds is 9. The van der Waals surface area contributed by atoms with E-state index in [9.17, 15) is 9.59 Å². The molecule has 2 aromatic rings. The van der Waals surface area contributed by atoms with Crippen molar-refractivity contribution < 1.29 is 28.2 Å². The van der Waals surface area contributed by atoms with E-state index in [2.05, 4.69) is 4.74 Å². The average molecular weight is 349 g/mol. The summed E-state index contributed by atoms with van der Waals surface area (Å²) < 4.78 is 20.7. The molecule has 0 fully saturated rings. The highest BCUT2D eigenvalue weighted by atomic mass is 16.5. The fraction of sp³-hybridized carbons (Fsp3) is 0.444. The van der Waals surface area contributed by atoms with E-state index in [1.54, 1.807) is 20.3 Å². The van der Waals surface area contributed by atoms with Crippen LogP contribution in [0.25, 0.3) is 11.0 Å². The zero-order valence-corrected chi connectivity index (χ0v) is 14.7. The number of esters is 1. The number of benzene rings is 1. The molecule has 1 heterocycles. The maximum absolute atomic E-state index is 13.0. The fourth-order valence-electron chi connectivity index (χ4n) is 2.55. The van der Waals surface area contributed by atoms with Crippen LogP contribution in [0.4, 0.5) is 0 Å². The average Bonchev–Trinajstić information content (AvgIpc) is 3.00. The van der Waals surface area contributed by atoms with E-state index in [-0.39, 0.29) is 37.2 Å². The largest absolute Gasteiger partial charge is 0.469 e. The Morgan fingerprint density at radius 3 is 2.52 bits per heavy atom. The molecular weight excluding hydrogens is 326 g/mol. The van der Waals surface area contributed by atoms with Gasteiger partial charge in [-0.25, -0.2) is 0 Å². The first-order chi connectivity index (χ1) is 12.1. The maximum atomic E-state index is 13.0. The quantitative estimate of drug-likeness (QED) is 0.646. The lowest BCUT2D eigenvalue weighted by Gasteiger charge is -2.21.